The van der Waals surface area contributed by atoms with Gasteiger partial charge in [-0.2, -0.15) is 0 Å². The van der Waals surface area contributed by atoms with E-state index in [9.17, 15) is 5.11 Å². The second kappa shape index (κ2) is 5.69. The maximum atomic E-state index is 10.3. The van der Waals surface area contributed by atoms with Gasteiger partial charge in [-0.15, -0.1) is 0 Å². The largest absolute Gasteiger partial charge is 0.390 e. The number of nitrogens with one attached hydrogen (secondary N) is 1. The Labute approximate surface area is 131 Å². The summed E-state index contributed by atoms with van der Waals surface area (Å²) in [6.07, 6.45) is 5.48. The summed E-state index contributed by atoms with van der Waals surface area (Å²) in [4.78, 5) is 5.75. The van der Waals surface area contributed by atoms with Gasteiger partial charge in [-0.1, -0.05) is 12.1 Å². The van der Waals surface area contributed by atoms with Crippen LogP contribution in [0.4, 0.5) is 0 Å². The lowest BCUT2D eigenvalue weighted by molar-refractivity contribution is -0.177. The molecule has 2 aromatic rings. The van der Waals surface area contributed by atoms with Gasteiger partial charge in [0.25, 0.3) is 0 Å². The number of aromatic amines is 1. The molecule has 2 N–H and O–H groups in total. The summed E-state index contributed by atoms with van der Waals surface area (Å²) in [5, 5.41) is 11.6. The first-order valence-corrected chi connectivity index (χ1v) is 8.36. The lowest BCUT2D eigenvalue weighted by atomic mass is 9.82. The Morgan fingerprint density at radius 1 is 1.27 bits per heavy atom. The molecule has 4 heteroatoms. The SMILES string of the molecule is O[C@@H]1CCCOC12CCN(Cc1ccc3cc[nH]c3c1)CC2. The minimum atomic E-state index is -0.279. The Hall–Kier alpha value is -1.36. The summed E-state index contributed by atoms with van der Waals surface area (Å²) in [7, 11) is 0. The minimum absolute atomic E-state index is 0.266. The third-order valence-corrected chi connectivity index (χ3v) is 5.35. The van der Waals surface area contributed by atoms with Crippen molar-refractivity contribution in [1.29, 1.82) is 0 Å². The van der Waals surface area contributed by atoms with E-state index in [-0.39, 0.29) is 11.7 Å². The monoisotopic (exact) mass is 300 g/mol. The van der Waals surface area contributed by atoms with Crippen LogP contribution in [0, 0.1) is 0 Å². The van der Waals surface area contributed by atoms with Crippen LogP contribution in [-0.2, 0) is 11.3 Å². The number of fused-ring (bicyclic) bond motifs is 1. The molecule has 0 bridgehead atoms. The zero-order valence-corrected chi connectivity index (χ0v) is 12.9. The van der Waals surface area contributed by atoms with E-state index >= 15 is 0 Å². The second-order valence-electron chi connectivity index (χ2n) is 6.75. The average Bonchev–Trinajstić information content (AvgIpc) is 3.00. The number of aromatic nitrogens is 1. The Bertz CT molecular complexity index is 643. The minimum Gasteiger partial charge on any atom is -0.390 e. The molecule has 4 rings (SSSR count). The Kier molecular flexibility index (Phi) is 3.68. The molecule has 1 spiro atoms. The molecule has 1 atom stereocenters. The van der Waals surface area contributed by atoms with Crippen LogP contribution in [0.3, 0.4) is 0 Å². The normalized spacial score (nSPS) is 25.8. The molecule has 2 fully saturated rings. The smallest absolute Gasteiger partial charge is 0.0964 e. The number of aliphatic hydroxyl groups excluding tert-OH is 1. The number of rotatable bonds is 2. The second-order valence-corrected chi connectivity index (χ2v) is 6.75. The van der Waals surface area contributed by atoms with E-state index in [2.05, 4.69) is 34.1 Å². The van der Waals surface area contributed by atoms with Crippen molar-refractivity contribution in [2.75, 3.05) is 19.7 Å². The third kappa shape index (κ3) is 2.56. The van der Waals surface area contributed by atoms with Crippen LogP contribution in [-0.4, -0.2) is 46.4 Å². The topological polar surface area (TPSA) is 48.5 Å². The maximum absolute atomic E-state index is 10.3. The Morgan fingerprint density at radius 3 is 2.95 bits per heavy atom. The van der Waals surface area contributed by atoms with E-state index in [1.54, 1.807) is 0 Å². The van der Waals surface area contributed by atoms with Crippen molar-refractivity contribution >= 4 is 10.9 Å². The van der Waals surface area contributed by atoms with Gasteiger partial charge < -0.3 is 14.8 Å². The van der Waals surface area contributed by atoms with Crippen molar-refractivity contribution in [1.82, 2.24) is 9.88 Å². The zero-order chi connectivity index (χ0) is 15.0. The van der Waals surface area contributed by atoms with E-state index in [0.29, 0.717) is 0 Å². The molecule has 0 unspecified atom stereocenters. The van der Waals surface area contributed by atoms with E-state index in [4.69, 9.17) is 4.74 Å². The number of hydrogen-bond acceptors (Lipinski definition) is 3. The number of likely N-dealkylation sites (tertiary alicyclic amines) is 1. The highest BCUT2D eigenvalue weighted by atomic mass is 16.5. The molecule has 0 saturated carbocycles. The molecular formula is C18H24N2O2. The van der Waals surface area contributed by atoms with Gasteiger partial charge >= 0.3 is 0 Å². The summed E-state index contributed by atoms with van der Waals surface area (Å²) in [6.45, 7) is 3.78. The van der Waals surface area contributed by atoms with Crippen molar-refractivity contribution in [3.63, 3.8) is 0 Å². The summed E-state index contributed by atoms with van der Waals surface area (Å²) < 4.78 is 5.98. The average molecular weight is 300 g/mol. The molecule has 1 aromatic carbocycles. The molecule has 4 nitrogen and oxygen atoms in total. The molecule has 1 aromatic heterocycles. The zero-order valence-electron chi connectivity index (χ0n) is 12.9. The number of benzene rings is 1. The molecule has 0 amide bonds. The highest BCUT2D eigenvalue weighted by Gasteiger charge is 2.43. The fourth-order valence-corrected chi connectivity index (χ4v) is 3.93. The lowest BCUT2D eigenvalue weighted by Crippen LogP contribution is -2.55. The molecule has 2 aliphatic heterocycles. The molecule has 118 valence electrons. The first kappa shape index (κ1) is 14.2. The van der Waals surface area contributed by atoms with Crippen LogP contribution < -0.4 is 0 Å². The van der Waals surface area contributed by atoms with Gasteiger partial charge in [0.1, 0.15) is 0 Å². The van der Waals surface area contributed by atoms with Crippen LogP contribution in [0.5, 0.6) is 0 Å². The van der Waals surface area contributed by atoms with Gasteiger partial charge in [-0.05, 0) is 48.8 Å². The van der Waals surface area contributed by atoms with E-state index in [0.717, 1.165) is 51.9 Å². The summed E-state index contributed by atoms with van der Waals surface area (Å²) in [5.41, 5.74) is 2.28. The van der Waals surface area contributed by atoms with Crippen LogP contribution in [0.2, 0.25) is 0 Å². The molecule has 22 heavy (non-hydrogen) atoms. The van der Waals surface area contributed by atoms with Crippen LogP contribution in [0.15, 0.2) is 30.5 Å². The van der Waals surface area contributed by atoms with Gasteiger partial charge in [-0.3, -0.25) is 4.90 Å². The third-order valence-electron chi connectivity index (χ3n) is 5.35. The first-order chi connectivity index (χ1) is 10.8. The molecule has 0 radical (unpaired) electrons. The predicted molar refractivity (Wildman–Crippen MR) is 86.7 cm³/mol. The number of hydrogen-bond donors (Lipinski definition) is 2. The van der Waals surface area contributed by atoms with Crippen molar-refractivity contribution in [3.05, 3.63) is 36.0 Å². The molecular weight excluding hydrogens is 276 g/mol. The molecule has 3 heterocycles. The van der Waals surface area contributed by atoms with Gasteiger partial charge in [0, 0.05) is 38.0 Å². The summed E-state index contributed by atoms with van der Waals surface area (Å²) in [6, 6.07) is 8.74. The molecule has 2 saturated heterocycles. The van der Waals surface area contributed by atoms with Crippen molar-refractivity contribution in [2.24, 2.45) is 0 Å². The van der Waals surface area contributed by atoms with E-state index < -0.39 is 0 Å². The van der Waals surface area contributed by atoms with Crippen molar-refractivity contribution < 1.29 is 9.84 Å². The quantitative estimate of drug-likeness (QED) is 0.896. The Balaban J connectivity index is 1.41. The first-order valence-electron chi connectivity index (χ1n) is 8.36. The standard InChI is InChI=1S/C18H24N2O2/c21-17-2-1-11-22-18(17)6-9-20(10-7-18)13-14-3-4-15-5-8-19-16(15)12-14/h3-5,8,12,17,19,21H,1-2,6-7,9-11,13H2/t17-/m1/s1. The van der Waals surface area contributed by atoms with Gasteiger partial charge in [0.2, 0.25) is 0 Å². The van der Waals surface area contributed by atoms with Gasteiger partial charge in [-0.25, -0.2) is 0 Å². The fraction of sp³-hybridized carbons (Fsp3) is 0.556. The highest BCUT2D eigenvalue weighted by Crippen LogP contribution is 2.35. The highest BCUT2D eigenvalue weighted by molar-refractivity contribution is 5.79. The molecule has 0 aliphatic carbocycles. The van der Waals surface area contributed by atoms with Gasteiger partial charge in [0.05, 0.1) is 11.7 Å². The summed E-state index contributed by atoms with van der Waals surface area (Å²) >= 11 is 0. The lowest BCUT2D eigenvalue weighted by Gasteiger charge is -2.46. The van der Waals surface area contributed by atoms with Gasteiger partial charge in [0.15, 0.2) is 0 Å². The van der Waals surface area contributed by atoms with Crippen LogP contribution >= 0.6 is 0 Å². The predicted octanol–water partition coefficient (Wildman–Crippen LogP) is 2.67. The number of piperidine rings is 1. The Morgan fingerprint density at radius 2 is 2.14 bits per heavy atom. The van der Waals surface area contributed by atoms with Crippen LogP contribution in [0.25, 0.3) is 10.9 Å². The maximum Gasteiger partial charge on any atom is 0.0964 e. The number of ether oxygens (including phenoxy) is 1. The number of aliphatic hydroxyl groups is 1. The van der Waals surface area contributed by atoms with Crippen molar-refractivity contribution in [3.8, 4) is 0 Å². The number of H-pyrrole nitrogens is 1. The van der Waals surface area contributed by atoms with E-state index in [1.807, 2.05) is 6.20 Å². The van der Waals surface area contributed by atoms with E-state index in [1.165, 1.54) is 16.5 Å². The number of nitrogens with zero attached hydrogens (tertiary/aromatic N) is 1. The molecule has 2 aliphatic rings. The van der Waals surface area contributed by atoms with Crippen LogP contribution in [0.1, 0.15) is 31.2 Å². The summed E-state index contributed by atoms with van der Waals surface area (Å²) in [5.74, 6) is 0. The fourth-order valence-electron chi connectivity index (χ4n) is 3.93. The van der Waals surface area contributed by atoms with Crippen molar-refractivity contribution in [2.45, 2.75) is 43.9 Å².